The van der Waals surface area contributed by atoms with E-state index in [1.807, 2.05) is 0 Å². The molecule has 4 nitrogen and oxygen atoms in total. The molecule has 0 aromatic carbocycles. The number of aliphatic carboxylic acids is 1. The SMILES string of the molecule is CCCN1CCN[C@@H](C(=O)O)C1. The van der Waals surface area contributed by atoms with Gasteiger partial charge in [0.25, 0.3) is 0 Å². The van der Waals surface area contributed by atoms with E-state index in [0.717, 1.165) is 26.1 Å². The summed E-state index contributed by atoms with van der Waals surface area (Å²) in [5.74, 6) is -0.740. The lowest BCUT2D eigenvalue weighted by molar-refractivity contribution is -0.140. The topological polar surface area (TPSA) is 52.6 Å². The van der Waals surface area contributed by atoms with Crippen LogP contribution >= 0.6 is 0 Å². The van der Waals surface area contributed by atoms with Crippen LogP contribution in [0.1, 0.15) is 13.3 Å². The first-order valence-electron chi connectivity index (χ1n) is 4.42. The average Bonchev–Trinajstić information content (AvgIpc) is 2.05. The quantitative estimate of drug-likeness (QED) is 0.616. The Kier molecular flexibility index (Phi) is 3.49. The fraction of sp³-hybridized carbons (Fsp3) is 0.875. The van der Waals surface area contributed by atoms with E-state index in [4.69, 9.17) is 5.11 Å². The number of nitrogens with zero attached hydrogens (tertiary/aromatic N) is 1. The molecule has 4 heteroatoms. The summed E-state index contributed by atoms with van der Waals surface area (Å²) in [6.07, 6.45) is 1.09. The highest BCUT2D eigenvalue weighted by Gasteiger charge is 2.23. The zero-order chi connectivity index (χ0) is 8.97. The molecule has 1 atom stereocenters. The maximum absolute atomic E-state index is 10.6. The predicted molar refractivity (Wildman–Crippen MR) is 46.2 cm³/mol. The van der Waals surface area contributed by atoms with Gasteiger partial charge in [0, 0.05) is 19.6 Å². The number of carboxylic acid groups (broad SMARTS) is 1. The van der Waals surface area contributed by atoms with Crippen LogP contribution in [-0.4, -0.2) is 48.2 Å². The summed E-state index contributed by atoms with van der Waals surface area (Å²) in [6, 6.07) is -0.370. The minimum Gasteiger partial charge on any atom is -0.480 e. The molecule has 0 saturated carbocycles. The van der Waals surface area contributed by atoms with Crippen LogP contribution in [0.5, 0.6) is 0 Å². The Morgan fingerprint density at radius 2 is 2.50 bits per heavy atom. The fourth-order valence-corrected chi connectivity index (χ4v) is 1.50. The van der Waals surface area contributed by atoms with Crippen molar-refractivity contribution < 1.29 is 9.90 Å². The van der Waals surface area contributed by atoms with Crippen molar-refractivity contribution in [3.63, 3.8) is 0 Å². The fourth-order valence-electron chi connectivity index (χ4n) is 1.50. The lowest BCUT2D eigenvalue weighted by Gasteiger charge is -2.31. The van der Waals surface area contributed by atoms with Gasteiger partial charge in [-0.05, 0) is 13.0 Å². The zero-order valence-corrected chi connectivity index (χ0v) is 7.42. The summed E-state index contributed by atoms with van der Waals surface area (Å²) in [5.41, 5.74) is 0. The molecule has 1 saturated heterocycles. The third-order valence-corrected chi connectivity index (χ3v) is 2.10. The minimum atomic E-state index is -0.740. The Balaban J connectivity index is 2.35. The predicted octanol–water partition coefficient (Wildman–Crippen LogP) is -0.245. The molecular weight excluding hydrogens is 156 g/mol. The van der Waals surface area contributed by atoms with Crippen LogP contribution in [0.15, 0.2) is 0 Å². The number of hydrogen-bond acceptors (Lipinski definition) is 3. The number of piperazine rings is 1. The lowest BCUT2D eigenvalue weighted by atomic mass is 10.2. The van der Waals surface area contributed by atoms with Gasteiger partial charge in [-0.2, -0.15) is 0 Å². The highest BCUT2D eigenvalue weighted by molar-refractivity contribution is 5.73. The van der Waals surface area contributed by atoms with Crippen molar-refractivity contribution in [2.45, 2.75) is 19.4 Å². The van der Waals surface area contributed by atoms with Crippen LogP contribution in [0, 0.1) is 0 Å². The molecule has 0 aromatic heterocycles. The summed E-state index contributed by atoms with van der Waals surface area (Å²) in [7, 11) is 0. The van der Waals surface area contributed by atoms with Gasteiger partial charge < -0.3 is 10.4 Å². The van der Waals surface area contributed by atoms with Crippen molar-refractivity contribution in [1.82, 2.24) is 10.2 Å². The monoisotopic (exact) mass is 172 g/mol. The summed E-state index contributed by atoms with van der Waals surface area (Å²) in [5, 5.41) is 11.7. The van der Waals surface area contributed by atoms with Crippen LogP contribution in [0.3, 0.4) is 0 Å². The normalized spacial score (nSPS) is 25.6. The Bertz CT molecular complexity index is 159. The van der Waals surface area contributed by atoms with Crippen LogP contribution in [0.4, 0.5) is 0 Å². The van der Waals surface area contributed by atoms with E-state index in [2.05, 4.69) is 17.1 Å². The first-order valence-corrected chi connectivity index (χ1v) is 4.42. The van der Waals surface area contributed by atoms with Gasteiger partial charge in [-0.1, -0.05) is 6.92 Å². The van der Waals surface area contributed by atoms with E-state index in [1.165, 1.54) is 0 Å². The van der Waals surface area contributed by atoms with Crippen LogP contribution in [-0.2, 0) is 4.79 Å². The minimum absolute atomic E-state index is 0.370. The molecule has 12 heavy (non-hydrogen) atoms. The van der Waals surface area contributed by atoms with Gasteiger partial charge in [-0.15, -0.1) is 0 Å². The first-order chi connectivity index (χ1) is 5.74. The molecular formula is C8H16N2O2. The largest absolute Gasteiger partial charge is 0.480 e. The second-order valence-corrected chi connectivity index (χ2v) is 3.15. The van der Waals surface area contributed by atoms with E-state index in [1.54, 1.807) is 0 Å². The average molecular weight is 172 g/mol. The molecule has 0 spiro atoms. The van der Waals surface area contributed by atoms with Crippen molar-refractivity contribution in [3.8, 4) is 0 Å². The van der Waals surface area contributed by atoms with Gasteiger partial charge in [-0.3, -0.25) is 9.69 Å². The van der Waals surface area contributed by atoms with E-state index in [0.29, 0.717) is 6.54 Å². The molecule has 0 aromatic rings. The molecule has 0 unspecified atom stereocenters. The van der Waals surface area contributed by atoms with Crippen molar-refractivity contribution in [3.05, 3.63) is 0 Å². The lowest BCUT2D eigenvalue weighted by Crippen LogP contribution is -2.54. The molecule has 0 amide bonds. The van der Waals surface area contributed by atoms with Crippen molar-refractivity contribution >= 4 is 5.97 Å². The number of rotatable bonds is 3. The van der Waals surface area contributed by atoms with Crippen LogP contribution in [0.25, 0.3) is 0 Å². The molecule has 1 rings (SSSR count). The zero-order valence-electron chi connectivity index (χ0n) is 7.42. The third-order valence-electron chi connectivity index (χ3n) is 2.10. The maximum Gasteiger partial charge on any atom is 0.322 e. The smallest absolute Gasteiger partial charge is 0.322 e. The molecule has 70 valence electrons. The van der Waals surface area contributed by atoms with Crippen molar-refractivity contribution in [2.75, 3.05) is 26.2 Å². The highest BCUT2D eigenvalue weighted by atomic mass is 16.4. The molecule has 1 fully saturated rings. The summed E-state index contributed by atoms with van der Waals surface area (Å²) < 4.78 is 0. The summed E-state index contributed by atoms with van der Waals surface area (Å²) >= 11 is 0. The Morgan fingerprint density at radius 3 is 3.08 bits per heavy atom. The Hall–Kier alpha value is -0.610. The van der Waals surface area contributed by atoms with Gasteiger partial charge >= 0.3 is 5.97 Å². The van der Waals surface area contributed by atoms with E-state index in [-0.39, 0.29) is 6.04 Å². The van der Waals surface area contributed by atoms with Gasteiger partial charge in [0.15, 0.2) is 0 Å². The van der Waals surface area contributed by atoms with Gasteiger partial charge in [0.1, 0.15) is 6.04 Å². The maximum atomic E-state index is 10.6. The standard InChI is InChI=1S/C8H16N2O2/c1-2-4-10-5-3-9-7(6-10)8(11)12/h7,9H,2-6H2,1H3,(H,11,12)/t7-/m1/s1. The van der Waals surface area contributed by atoms with E-state index >= 15 is 0 Å². The van der Waals surface area contributed by atoms with Crippen LogP contribution in [0.2, 0.25) is 0 Å². The molecule has 0 aliphatic carbocycles. The van der Waals surface area contributed by atoms with Gasteiger partial charge in [-0.25, -0.2) is 0 Å². The van der Waals surface area contributed by atoms with E-state index in [9.17, 15) is 4.79 Å². The summed E-state index contributed by atoms with van der Waals surface area (Å²) in [6.45, 7) is 5.51. The van der Waals surface area contributed by atoms with Gasteiger partial charge in [0.2, 0.25) is 0 Å². The Labute approximate surface area is 72.6 Å². The number of hydrogen-bond donors (Lipinski definition) is 2. The third kappa shape index (κ3) is 2.46. The Morgan fingerprint density at radius 1 is 1.75 bits per heavy atom. The molecule has 1 aliphatic rings. The number of carboxylic acids is 1. The molecule has 0 bridgehead atoms. The molecule has 1 aliphatic heterocycles. The highest BCUT2D eigenvalue weighted by Crippen LogP contribution is 1.99. The molecule has 0 radical (unpaired) electrons. The van der Waals surface area contributed by atoms with Gasteiger partial charge in [0.05, 0.1) is 0 Å². The summed E-state index contributed by atoms with van der Waals surface area (Å²) in [4.78, 5) is 12.8. The molecule has 1 heterocycles. The number of nitrogens with one attached hydrogen (secondary N) is 1. The van der Waals surface area contributed by atoms with Crippen LogP contribution < -0.4 is 5.32 Å². The van der Waals surface area contributed by atoms with Crippen molar-refractivity contribution in [2.24, 2.45) is 0 Å². The first kappa shape index (κ1) is 9.48. The molecule has 2 N–H and O–H groups in total. The second kappa shape index (κ2) is 4.42. The van der Waals surface area contributed by atoms with E-state index < -0.39 is 5.97 Å². The number of carbonyl (C=O) groups is 1. The van der Waals surface area contributed by atoms with Crippen molar-refractivity contribution in [1.29, 1.82) is 0 Å². The second-order valence-electron chi connectivity index (χ2n) is 3.15.